The fraction of sp³-hybridized carbons (Fsp3) is 0.933. The summed E-state index contributed by atoms with van der Waals surface area (Å²) in [6.07, 6.45) is 6.98. The molecule has 0 atom stereocenters. The number of aliphatic hydroxyl groups excluding tert-OH is 1. The Morgan fingerprint density at radius 2 is 1.78 bits per heavy atom. The number of ketones is 1. The minimum Gasteiger partial charge on any atom is -0.395 e. The predicted octanol–water partition coefficient (Wildman–Crippen LogP) is 2.62. The molecule has 1 saturated carbocycles. The zero-order chi connectivity index (χ0) is 13.6. The van der Waals surface area contributed by atoms with Gasteiger partial charge in [-0.25, -0.2) is 0 Å². The molecule has 0 aliphatic heterocycles. The van der Waals surface area contributed by atoms with E-state index in [1.807, 2.05) is 20.8 Å². The van der Waals surface area contributed by atoms with Crippen LogP contribution in [-0.2, 0) is 4.79 Å². The predicted molar refractivity (Wildman–Crippen MR) is 74.6 cm³/mol. The van der Waals surface area contributed by atoms with Crippen LogP contribution in [-0.4, -0.2) is 41.5 Å². The molecule has 0 amide bonds. The van der Waals surface area contributed by atoms with Gasteiger partial charge in [-0.15, -0.1) is 0 Å². The molecule has 3 nitrogen and oxygen atoms in total. The van der Waals surface area contributed by atoms with Crippen molar-refractivity contribution in [1.29, 1.82) is 0 Å². The van der Waals surface area contributed by atoms with Gasteiger partial charge in [-0.1, -0.05) is 40.0 Å². The van der Waals surface area contributed by atoms with Gasteiger partial charge >= 0.3 is 0 Å². The first-order chi connectivity index (χ1) is 8.45. The van der Waals surface area contributed by atoms with Crippen molar-refractivity contribution >= 4 is 5.78 Å². The van der Waals surface area contributed by atoms with Gasteiger partial charge in [0.2, 0.25) is 0 Å². The van der Waals surface area contributed by atoms with Crippen LogP contribution in [0.1, 0.15) is 59.3 Å². The zero-order valence-corrected chi connectivity index (χ0v) is 12.2. The first kappa shape index (κ1) is 15.6. The normalized spacial score (nSPS) is 18.3. The van der Waals surface area contributed by atoms with Gasteiger partial charge in [-0.05, 0) is 12.8 Å². The van der Waals surface area contributed by atoms with E-state index in [2.05, 4.69) is 4.90 Å². The van der Waals surface area contributed by atoms with Crippen molar-refractivity contribution in [3.63, 3.8) is 0 Å². The number of hydrogen-bond acceptors (Lipinski definition) is 3. The Morgan fingerprint density at radius 1 is 1.17 bits per heavy atom. The van der Waals surface area contributed by atoms with Crippen molar-refractivity contribution in [1.82, 2.24) is 4.90 Å². The summed E-state index contributed by atoms with van der Waals surface area (Å²) in [5.74, 6) is 0.321. The van der Waals surface area contributed by atoms with E-state index in [-0.39, 0.29) is 12.0 Å². The van der Waals surface area contributed by atoms with Crippen molar-refractivity contribution in [2.45, 2.75) is 65.3 Å². The summed E-state index contributed by atoms with van der Waals surface area (Å²) in [4.78, 5) is 14.3. The largest absolute Gasteiger partial charge is 0.395 e. The number of carbonyl (C=O) groups is 1. The monoisotopic (exact) mass is 255 g/mol. The lowest BCUT2D eigenvalue weighted by Crippen LogP contribution is -2.40. The molecule has 0 bridgehead atoms. The van der Waals surface area contributed by atoms with E-state index in [9.17, 15) is 4.79 Å². The Kier molecular flexibility index (Phi) is 6.30. The smallest absolute Gasteiger partial charge is 0.139 e. The van der Waals surface area contributed by atoms with Crippen LogP contribution in [0, 0.1) is 5.41 Å². The minimum absolute atomic E-state index is 0.195. The Labute approximate surface area is 112 Å². The molecule has 0 heterocycles. The second kappa shape index (κ2) is 7.25. The second-order valence-electron chi connectivity index (χ2n) is 6.47. The molecule has 1 aliphatic carbocycles. The lowest BCUT2D eigenvalue weighted by atomic mass is 9.88. The fourth-order valence-corrected chi connectivity index (χ4v) is 2.67. The highest BCUT2D eigenvalue weighted by Crippen LogP contribution is 2.23. The lowest BCUT2D eigenvalue weighted by Gasteiger charge is -2.34. The average Bonchev–Trinajstić information content (AvgIpc) is 2.34. The van der Waals surface area contributed by atoms with E-state index >= 15 is 0 Å². The molecule has 0 spiro atoms. The number of carbonyl (C=O) groups excluding carboxylic acids is 1. The maximum atomic E-state index is 12.0. The second-order valence-corrected chi connectivity index (χ2v) is 6.47. The van der Waals surface area contributed by atoms with Crippen LogP contribution in [0.3, 0.4) is 0 Å². The summed E-state index contributed by atoms with van der Waals surface area (Å²) >= 11 is 0. The SMILES string of the molecule is CC(C)(C)C(=O)CCN(CCO)C1CCCCC1. The Balaban J connectivity index is 2.44. The van der Waals surface area contributed by atoms with Crippen LogP contribution in [0.25, 0.3) is 0 Å². The zero-order valence-electron chi connectivity index (χ0n) is 12.2. The van der Waals surface area contributed by atoms with Gasteiger partial charge in [0, 0.05) is 31.0 Å². The highest BCUT2D eigenvalue weighted by Gasteiger charge is 2.24. The van der Waals surface area contributed by atoms with Gasteiger partial charge in [0.15, 0.2) is 0 Å². The van der Waals surface area contributed by atoms with E-state index in [1.54, 1.807) is 0 Å². The number of aliphatic hydroxyl groups is 1. The van der Waals surface area contributed by atoms with Crippen molar-refractivity contribution in [2.24, 2.45) is 5.41 Å². The van der Waals surface area contributed by atoms with Crippen molar-refractivity contribution < 1.29 is 9.90 Å². The van der Waals surface area contributed by atoms with Gasteiger partial charge in [0.25, 0.3) is 0 Å². The summed E-state index contributed by atoms with van der Waals surface area (Å²) in [6, 6.07) is 0.582. The number of rotatable bonds is 6. The average molecular weight is 255 g/mol. The summed E-state index contributed by atoms with van der Waals surface area (Å²) in [5.41, 5.74) is -0.239. The van der Waals surface area contributed by atoms with E-state index in [4.69, 9.17) is 5.11 Å². The summed E-state index contributed by atoms with van der Waals surface area (Å²) in [6.45, 7) is 7.65. The van der Waals surface area contributed by atoms with Gasteiger partial charge in [-0.2, -0.15) is 0 Å². The third kappa shape index (κ3) is 5.07. The highest BCUT2D eigenvalue weighted by molar-refractivity contribution is 5.83. The summed E-state index contributed by atoms with van der Waals surface area (Å²) in [7, 11) is 0. The third-order valence-corrected chi connectivity index (χ3v) is 3.94. The maximum Gasteiger partial charge on any atom is 0.139 e. The van der Waals surface area contributed by atoms with Crippen molar-refractivity contribution in [2.75, 3.05) is 19.7 Å². The maximum absolute atomic E-state index is 12.0. The minimum atomic E-state index is -0.239. The standard InChI is InChI=1S/C15H29NO2/c1-15(2,3)14(18)9-10-16(11-12-17)13-7-5-4-6-8-13/h13,17H,4-12H2,1-3H3. The number of Topliss-reactive ketones (excluding diaryl/α,β-unsaturated/α-hetero) is 1. The molecule has 3 heteroatoms. The number of nitrogens with zero attached hydrogens (tertiary/aromatic N) is 1. The quantitative estimate of drug-likeness (QED) is 0.793. The fourth-order valence-electron chi connectivity index (χ4n) is 2.67. The van der Waals surface area contributed by atoms with Gasteiger partial charge in [0.05, 0.1) is 6.61 Å². The molecule has 0 saturated heterocycles. The Morgan fingerprint density at radius 3 is 2.28 bits per heavy atom. The van der Waals surface area contributed by atoms with Crippen molar-refractivity contribution in [3.8, 4) is 0 Å². The molecule has 0 unspecified atom stereocenters. The van der Waals surface area contributed by atoms with Crippen LogP contribution in [0.4, 0.5) is 0 Å². The van der Waals surface area contributed by atoms with Crippen molar-refractivity contribution in [3.05, 3.63) is 0 Å². The molecule has 1 N–H and O–H groups in total. The molecule has 1 aliphatic rings. The van der Waals surface area contributed by atoms with Crippen LogP contribution >= 0.6 is 0 Å². The molecule has 0 aromatic carbocycles. The van der Waals surface area contributed by atoms with E-state index in [1.165, 1.54) is 32.1 Å². The molecule has 1 rings (SSSR count). The molecule has 0 aromatic heterocycles. The van der Waals surface area contributed by atoms with Gasteiger partial charge in [0.1, 0.15) is 5.78 Å². The van der Waals surface area contributed by atoms with Crippen LogP contribution in [0.5, 0.6) is 0 Å². The summed E-state index contributed by atoms with van der Waals surface area (Å²) < 4.78 is 0. The molecule has 0 radical (unpaired) electrons. The van der Waals surface area contributed by atoms with E-state index in [0.29, 0.717) is 24.8 Å². The summed E-state index contributed by atoms with van der Waals surface area (Å²) in [5, 5.41) is 9.17. The molecule has 1 fully saturated rings. The van der Waals surface area contributed by atoms with Crippen LogP contribution < -0.4 is 0 Å². The van der Waals surface area contributed by atoms with Gasteiger partial charge < -0.3 is 5.11 Å². The molecule has 18 heavy (non-hydrogen) atoms. The third-order valence-electron chi connectivity index (χ3n) is 3.94. The lowest BCUT2D eigenvalue weighted by molar-refractivity contribution is -0.126. The first-order valence-electron chi connectivity index (χ1n) is 7.33. The highest BCUT2D eigenvalue weighted by atomic mass is 16.3. The number of hydrogen-bond donors (Lipinski definition) is 1. The van der Waals surface area contributed by atoms with Crippen LogP contribution in [0.15, 0.2) is 0 Å². The van der Waals surface area contributed by atoms with E-state index < -0.39 is 0 Å². The van der Waals surface area contributed by atoms with E-state index in [0.717, 1.165) is 6.54 Å². The van der Waals surface area contributed by atoms with Gasteiger partial charge in [-0.3, -0.25) is 9.69 Å². The topological polar surface area (TPSA) is 40.5 Å². The molecular formula is C15H29NO2. The molecule has 106 valence electrons. The first-order valence-corrected chi connectivity index (χ1v) is 7.33. The Hall–Kier alpha value is -0.410. The van der Waals surface area contributed by atoms with Crippen LogP contribution in [0.2, 0.25) is 0 Å². The molecule has 0 aromatic rings. The Bertz CT molecular complexity index is 252. The molecular weight excluding hydrogens is 226 g/mol.